The Morgan fingerprint density at radius 3 is 2.38 bits per heavy atom. The highest BCUT2D eigenvalue weighted by atomic mass is 19.4. The fourth-order valence-corrected chi connectivity index (χ4v) is 4.39. The molecule has 3 unspecified atom stereocenters. The van der Waals surface area contributed by atoms with E-state index >= 15 is 0 Å². The number of aliphatic hydroxyl groups is 1. The van der Waals surface area contributed by atoms with Gasteiger partial charge < -0.3 is 14.9 Å². The minimum atomic E-state index is -4.40. The van der Waals surface area contributed by atoms with E-state index in [0.29, 0.717) is 18.8 Å². The molecule has 7 nitrogen and oxygen atoms in total. The fraction of sp³-hybridized carbons (Fsp3) is 0.579. The van der Waals surface area contributed by atoms with E-state index in [2.05, 4.69) is 0 Å². The number of hydrogen-bond acceptors (Lipinski definition) is 5. The van der Waals surface area contributed by atoms with E-state index in [9.17, 15) is 27.9 Å². The van der Waals surface area contributed by atoms with Crippen LogP contribution in [0.15, 0.2) is 24.3 Å². The number of carbonyl (C=O) groups is 2. The van der Waals surface area contributed by atoms with Gasteiger partial charge in [0.05, 0.1) is 17.5 Å². The van der Waals surface area contributed by atoms with Crippen LogP contribution >= 0.6 is 0 Å². The van der Waals surface area contributed by atoms with Gasteiger partial charge in [-0.1, -0.05) is 6.92 Å². The van der Waals surface area contributed by atoms with Gasteiger partial charge in [-0.3, -0.25) is 14.8 Å². The van der Waals surface area contributed by atoms with E-state index < -0.39 is 29.7 Å². The lowest BCUT2D eigenvalue weighted by atomic mass is 9.78. The van der Waals surface area contributed by atoms with E-state index in [1.807, 2.05) is 18.7 Å². The van der Waals surface area contributed by atoms with Gasteiger partial charge in [0.25, 0.3) is 5.91 Å². The van der Waals surface area contributed by atoms with Crippen molar-refractivity contribution < 1.29 is 33.1 Å². The Morgan fingerprint density at radius 1 is 1.21 bits per heavy atom. The molecule has 5 atom stereocenters. The Labute approximate surface area is 166 Å². The minimum absolute atomic E-state index is 0.0569. The predicted molar refractivity (Wildman–Crippen MR) is 97.0 cm³/mol. The van der Waals surface area contributed by atoms with Gasteiger partial charge in [-0.15, -0.1) is 0 Å². The summed E-state index contributed by atoms with van der Waals surface area (Å²) in [7, 11) is 0. The Hall–Kier alpha value is -2.33. The number of hydroxylamine groups is 1. The van der Waals surface area contributed by atoms with Crippen LogP contribution in [0, 0.1) is 11.8 Å². The topological polar surface area (TPSA) is 93.1 Å². The first-order valence-corrected chi connectivity index (χ1v) is 9.41. The molecule has 3 N–H and O–H groups in total. The molecule has 0 saturated carbocycles. The van der Waals surface area contributed by atoms with E-state index in [1.165, 1.54) is 17.6 Å². The number of halogens is 3. The van der Waals surface area contributed by atoms with Crippen molar-refractivity contribution in [1.82, 2.24) is 10.4 Å². The summed E-state index contributed by atoms with van der Waals surface area (Å²) in [4.78, 5) is 28.1. The van der Waals surface area contributed by atoms with Crippen molar-refractivity contribution in [2.24, 2.45) is 11.8 Å². The van der Waals surface area contributed by atoms with Crippen LogP contribution in [0.25, 0.3) is 0 Å². The Balaban J connectivity index is 1.79. The Kier molecular flexibility index (Phi) is 5.77. The maximum atomic E-state index is 12.9. The van der Waals surface area contributed by atoms with Crippen LogP contribution in [0.4, 0.5) is 18.9 Å². The summed E-state index contributed by atoms with van der Waals surface area (Å²) >= 11 is 0. The molecule has 2 saturated heterocycles. The number of fused-ring (bicyclic) bond motifs is 1. The summed E-state index contributed by atoms with van der Waals surface area (Å²) in [5.41, 5.74) is 1.31. The second-order valence-corrected chi connectivity index (χ2v) is 7.85. The lowest BCUT2D eigenvalue weighted by Crippen LogP contribution is -2.67. The van der Waals surface area contributed by atoms with Gasteiger partial charge >= 0.3 is 6.18 Å². The van der Waals surface area contributed by atoms with E-state index in [-0.39, 0.29) is 30.3 Å². The SMILES string of the molecule is CC1C[C@@H]([C@H](O)C(=O)NO)C(=O)N2C(C)CN(c3ccc(C(F)(F)F)cc3)CC12. The fourth-order valence-electron chi connectivity index (χ4n) is 4.39. The van der Waals surface area contributed by atoms with Crippen LogP contribution in [-0.2, 0) is 15.8 Å². The maximum Gasteiger partial charge on any atom is 0.416 e. The van der Waals surface area contributed by atoms with Crippen molar-refractivity contribution in [3.63, 3.8) is 0 Å². The van der Waals surface area contributed by atoms with Crippen molar-refractivity contribution in [1.29, 1.82) is 0 Å². The standard InChI is InChI=1S/C19H24F3N3O4/c1-10-7-14(16(26)17(27)23-29)18(28)25-11(2)8-24(9-15(10)25)13-5-3-12(4-6-13)19(20,21)22/h3-6,10-11,14-16,26,29H,7-9H2,1-2H3,(H,23,27)/t10?,11?,14-,15?,16-/m0/s1. The zero-order chi connectivity index (χ0) is 21.5. The summed E-state index contributed by atoms with van der Waals surface area (Å²) in [5, 5.41) is 18.8. The molecule has 2 amide bonds. The number of carbonyl (C=O) groups excluding carboxylic acids is 2. The number of rotatable bonds is 3. The number of nitrogens with zero attached hydrogens (tertiary/aromatic N) is 2. The van der Waals surface area contributed by atoms with Gasteiger partial charge in [-0.05, 0) is 43.5 Å². The van der Waals surface area contributed by atoms with Gasteiger partial charge in [-0.2, -0.15) is 13.2 Å². The van der Waals surface area contributed by atoms with Crippen LogP contribution in [0.2, 0.25) is 0 Å². The van der Waals surface area contributed by atoms with Crippen LogP contribution < -0.4 is 10.4 Å². The zero-order valence-electron chi connectivity index (χ0n) is 16.1. The number of hydrogen-bond donors (Lipinski definition) is 3. The molecule has 10 heteroatoms. The second-order valence-electron chi connectivity index (χ2n) is 7.85. The molecule has 0 aliphatic carbocycles. The number of piperidine rings is 1. The zero-order valence-corrected chi connectivity index (χ0v) is 16.1. The Morgan fingerprint density at radius 2 is 1.83 bits per heavy atom. The lowest BCUT2D eigenvalue weighted by Gasteiger charge is -2.53. The molecular formula is C19H24F3N3O4. The largest absolute Gasteiger partial charge is 0.416 e. The van der Waals surface area contributed by atoms with E-state index in [0.717, 1.165) is 12.1 Å². The maximum absolute atomic E-state index is 12.9. The molecule has 2 heterocycles. The summed E-state index contributed by atoms with van der Waals surface area (Å²) in [6, 6.07) is 4.48. The smallest absolute Gasteiger partial charge is 0.382 e. The average molecular weight is 415 g/mol. The molecule has 0 aromatic heterocycles. The van der Waals surface area contributed by atoms with Crippen LogP contribution in [0.5, 0.6) is 0 Å². The van der Waals surface area contributed by atoms with Gasteiger partial charge in [0, 0.05) is 24.8 Å². The van der Waals surface area contributed by atoms with Gasteiger partial charge in [0.2, 0.25) is 5.91 Å². The van der Waals surface area contributed by atoms with Crippen LogP contribution in [-0.4, -0.2) is 58.3 Å². The van der Waals surface area contributed by atoms with Crippen molar-refractivity contribution in [2.75, 3.05) is 18.0 Å². The third-order valence-corrected chi connectivity index (χ3v) is 5.90. The van der Waals surface area contributed by atoms with E-state index in [1.54, 1.807) is 4.90 Å². The van der Waals surface area contributed by atoms with Crippen molar-refractivity contribution in [3.05, 3.63) is 29.8 Å². The van der Waals surface area contributed by atoms with Crippen molar-refractivity contribution in [2.45, 2.75) is 44.6 Å². The molecule has 2 fully saturated rings. The summed E-state index contributed by atoms with van der Waals surface area (Å²) in [6.45, 7) is 4.59. The molecule has 160 valence electrons. The summed E-state index contributed by atoms with van der Waals surface area (Å²) in [6.07, 6.45) is -5.77. The molecule has 3 rings (SSSR count). The van der Waals surface area contributed by atoms with Crippen LogP contribution in [0.3, 0.4) is 0 Å². The first-order valence-electron chi connectivity index (χ1n) is 9.41. The number of anilines is 1. The van der Waals surface area contributed by atoms with Crippen LogP contribution in [0.1, 0.15) is 25.8 Å². The molecule has 0 bridgehead atoms. The number of alkyl halides is 3. The number of nitrogens with one attached hydrogen (secondary N) is 1. The third-order valence-electron chi connectivity index (χ3n) is 5.90. The molecule has 1 aromatic rings. The molecule has 2 aliphatic heterocycles. The predicted octanol–water partition coefficient (Wildman–Crippen LogP) is 1.63. The number of piperazine rings is 1. The van der Waals surface area contributed by atoms with Crippen molar-refractivity contribution >= 4 is 17.5 Å². The quantitative estimate of drug-likeness (QED) is 0.516. The van der Waals surface area contributed by atoms with E-state index in [4.69, 9.17) is 5.21 Å². The normalized spacial score (nSPS) is 28.7. The number of aliphatic hydroxyl groups excluding tert-OH is 1. The molecule has 0 spiro atoms. The summed E-state index contributed by atoms with van der Waals surface area (Å²) in [5.74, 6) is -2.39. The molecule has 1 aromatic carbocycles. The van der Waals surface area contributed by atoms with Crippen molar-refractivity contribution in [3.8, 4) is 0 Å². The highest BCUT2D eigenvalue weighted by Gasteiger charge is 2.48. The number of benzene rings is 1. The molecular weight excluding hydrogens is 391 g/mol. The highest BCUT2D eigenvalue weighted by Crippen LogP contribution is 2.37. The minimum Gasteiger partial charge on any atom is -0.382 e. The Bertz CT molecular complexity index is 771. The second kappa shape index (κ2) is 7.83. The number of amides is 2. The monoisotopic (exact) mass is 415 g/mol. The molecule has 2 aliphatic rings. The average Bonchev–Trinajstić information content (AvgIpc) is 2.68. The van der Waals surface area contributed by atoms with Gasteiger partial charge in [0.1, 0.15) is 6.10 Å². The highest BCUT2D eigenvalue weighted by molar-refractivity contribution is 5.89. The molecule has 29 heavy (non-hydrogen) atoms. The summed E-state index contributed by atoms with van der Waals surface area (Å²) < 4.78 is 38.4. The first-order chi connectivity index (χ1) is 13.5. The lowest BCUT2D eigenvalue weighted by molar-refractivity contribution is -0.160. The third kappa shape index (κ3) is 4.04. The first kappa shape index (κ1) is 21.4. The van der Waals surface area contributed by atoms with Gasteiger partial charge in [0.15, 0.2) is 0 Å². The van der Waals surface area contributed by atoms with Gasteiger partial charge in [-0.25, -0.2) is 5.48 Å². The molecule has 0 radical (unpaired) electrons.